The predicted molar refractivity (Wildman–Crippen MR) is 53.1 cm³/mol. The third kappa shape index (κ3) is 2.02. The van der Waals surface area contributed by atoms with Crippen LogP contribution in [0.5, 0.6) is 0 Å². The van der Waals surface area contributed by atoms with E-state index >= 15 is 0 Å². The Balaban J connectivity index is 1.81. The molecule has 0 unspecified atom stereocenters. The van der Waals surface area contributed by atoms with Crippen LogP contribution < -0.4 is 15.5 Å². The molecule has 6 heteroatoms. The van der Waals surface area contributed by atoms with Crippen molar-refractivity contribution in [3.05, 3.63) is 20.7 Å². The summed E-state index contributed by atoms with van der Waals surface area (Å²) in [7, 11) is 0. The van der Waals surface area contributed by atoms with Gasteiger partial charge in [-0.15, -0.1) is 0 Å². The molecular weight excluding hydrogens is 202 g/mol. The van der Waals surface area contributed by atoms with E-state index in [0.717, 1.165) is 30.1 Å². The number of H-pyrrole nitrogens is 1. The lowest BCUT2D eigenvalue weighted by atomic mass is 10.0. The number of hydrogen-bond donors (Lipinski definition) is 3. The van der Waals surface area contributed by atoms with Gasteiger partial charge in [0.05, 0.1) is 12.5 Å². The monoisotopic (exact) mass is 213 g/mol. The SMILES string of the molecule is O=C(NCc1csc(=O)[nH]1)C1CNC1. The number of aromatic nitrogens is 1. The lowest BCUT2D eigenvalue weighted by Gasteiger charge is -2.25. The second-order valence-corrected chi connectivity index (χ2v) is 4.09. The first-order chi connectivity index (χ1) is 6.75. The normalized spacial score (nSPS) is 16.3. The standard InChI is InChI=1S/C8H11N3O2S/c12-7(5-1-9-2-5)10-3-6-4-14-8(13)11-6/h4-5,9H,1-3H2,(H,10,12)(H,11,13). The molecule has 76 valence electrons. The van der Waals surface area contributed by atoms with E-state index in [2.05, 4.69) is 15.6 Å². The van der Waals surface area contributed by atoms with E-state index in [0.29, 0.717) is 6.54 Å². The number of aromatic amines is 1. The van der Waals surface area contributed by atoms with Crippen molar-refractivity contribution in [2.75, 3.05) is 13.1 Å². The first kappa shape index (κ1) is 9.42. The molecule has 0 bridgehead atoms. The Labute approximate surface area is 84.5 Å². The molecule has 0 atom stereocenters. The summed E-state index contributed by atoms with van der Waals surface area (Å²) in [6.07, 6.45) is 0. The van der Waals surface area contributed by atoms with Crippen LogP contribution in [-0.2, 0) is 11.3 Å². The number of amides is 1. The smallest absolute Gasteiger partial charge is 0.304 e. The van der Waals surface area contributed by atoms with Gasteiger partial charge in [-0.05, 0) is 0 Å². The Bertz CT molecular complexity index is 380. The Kier molecular flexibility index (Phi) is 2.64. The Morgan fingerprint density at radius 1 is 1.64 bits per heavy atom. The molecule has 1 aliphatic heterocycles. The van der Waals surface area contributed by atoms with Crippen LogP contribution in [0, 0.1) is 5.92 Å². The molecule has 3 N–H and O–H groups in total. The summed E-state index contributed by atoms with van der Waals surface area (Å²) < 4.78 is 0. The Morgan fingerprint density at radius 3 is 2.93 bits per heavy atom. The summed E-state index contributed by atoms with van der Waals surface area (Å²) in [5, 5.41) is 7.52. The van der Waals surface area contributed by atoms with Gasteiger partial charge in [0, 0.05) is 24.2 Å². The summed E-state index contributed by atoms with van der Waals surface area (Å²) in [5.41, 5.74) is 0.764. The van der Waals surface area contributed by atoms with Crippen LogP contribution in [0.4, 0.5) is 0 Å². The van der Waals surface area contributed by atoms with Crippen LogP contribution in [0.2, 0.25) is 0 Å². The van der Waals surface area contributed by atoms with E-state index in [-0.39, 0.29) is 16.7 Å². The fourth-order valence-corrected chi connectivity index (χ4v) is 1.78. The van der Waals surface area contributed by atoms with Gasteiger partial charge in [0.15, 0.2) is 0 Å². The van der Waals surface area contributed by atoms with Crippen molar-refractivity contribution >= 4 is 17.2 Å². The van der Waals surface area contributed by atoms with Crippen LogP contribution in [0.25, 0.3) is 0 Å². The van der Waals surface area contributed by atoms with Crippen LogP contribution in [0.15, 0.2) is 10.2 Å². The number of rotatable bonds is 3. The van der Waals surface area contributed by atoms with Gasteiger partial charge in [-0.2, -0.15) is 0 Å². The van der Waals surface area contributed by atoms with Gasteiger partial charge in [-0.25, -0.2) is 0 Å². The number of nitrogens with one attached hydrogen (secondary N) is 3. The largest absolute Gasteiger partial charge is 0.350 e. The Hall–Kier alpha value is -1.14. The minimum atomic E-state index is -0.0837. The first-order valence-electron chi connectivity index (χ1n) is 4.41. The van der Waals surface area contributed by atoms with Crippen molar-refractivity contribution in [2.24, 2.45) is 5.92 Å². The lowest BCUT2D eigenvalue weighted by Crippen LogP contribution is -2.50. The minimum absolute atomic E-state index is 0.0517. The van der Waals surface area contributed by atoms with E-state index in [9.17, 15) is 9.59 Å². The molecule has 1 aliphatic rings. The molecule has 0 saturated carbocycles. The average molecular weight is 213 g/mol. The van der Waals surface area contributed by atoms with Gasteiger partial charge < -0.3 is 15.6 Å². The third-order valence-electron chi connectivity index (χ3n) is 2.18. The fraction of sp³-hybridized carbons (Fsp3) is 0.500. The molecule has 0 radical (unpaired) electrons. The van der Waals surface area contributed by atoms with Crippen molar-refractivity contribution in [1.29, 1.82) is 0 Å². The lowest BCUT2D eigenvalue weighted by molar-refractivity contribution is -0.126. The van der Waals surface area contributed by atoms with Gasteiger partial charge >= 0.3 is 4.87 Å². The van der Waals surface area contributed by atoms with E-state index in [1.807, 2.05) is 0 Å². The average Bonchev–Trinajstić information content (AvgIpc) is 2.45. The molecule has 5 nitrogen and oxygen atoms in total. The van der Waals surface area contributed by atoms with Gasteiger partial charge in [-0.1, -0.05) is 11.3 Å². The zero-order chi connectivity index (χ0) is 9.97. The molecular formula is C8H11N3O2S. The number of carbonyl (C=O) groups excluding carboxylic acids is 1. The summed E-state index contributed by atoms with van der Waals surface area (Å²) >= 11 is 1.11. The van der Waals surface area contributed by atoms with Crippen LogP contribution in [0.1, 0.15) is 5.69 Å². The van der Waals surface area contributed by atoms with Crippen molar-refractivity contribution in [3.63, 3.8) is 0 Å². The maximum Gasteiger partial charge on any atom is 0.304 e. The third-order valence-corrected chi connectivity index (χ3v) is 2.89. The highest BCUT2D eigenvalue weighted by molar-refractivity contribution is 7.07. The van der Waals surface area contributed by atoms with Crippen molar-refractivity contribution in [1.82, 2.24) is 15.6 Å². The van der Waals surface area contributed by atoms with Gasteiger partial charge in [0.2, 0.25) is 5.91 Å². The predicted octanol–water partition coefficient (Wildman–Crippen LogP) is -0.728. The number of hydrogen-bond acceptors (Lipinski definition) is 4. The van der Waals surface area contributed by atoms with Crippen molar-refractivity contribution in [3.8, 4) is 0 Å². The highest BCUT2D eigenvalue weighted by Gasteiger charge is 2.24. The molecule has 2 heterocycles. The molecule has 1 amide bonds. The minimum Gasteiger partial charge on any atom is -0.350 e. The van der Waals surface area contributed by atoms with Crippen LogP contribution in [-0.4, -0.2) is 24.0 Å². The molecule has 0 aromatic carbocycles. The highest BCUT2D eigenvalue weighted by atomic mass is 32.1. The summed E-state index contributed by atoms with van der Waals surface area (Å²) in [5.74, 6) is 0.149. The molecule has 1 fully saturated rings. The fourth-order valence-electron chi connectivity index (χ4n) is 1.20. The maximum atomic E-state index is 11.4. The molecule has 14 heavy (non-hydrogen) atoms. The second kappa shape index (κ2) is 3.93. The van der Waals surface area contributed by atoms with E-state index < -0.39 is 0 Å². The van der Waals surface area contributed by atoms with Crippen LogP contribution in [0.3, 0.4) is 0 Å². The van der Waals surface area contributed by atoms with E-state index in [4.69, 9.17) is 0 Å². The zero-order valence-corrected chi connectivity index (χ0v) is 8.32. The Morgan fingerprint density at radius 2 is 2.43 bits per heavy atom. The maximum absolute atomic E-state index is 11.4. The quantitative estimate of drug-likeness (QED) is 0.620. The van der Waals surface area contributed by atoms with Crippen LogP contribution >= 0.6 is 11.3 Å². The number of thiazole rings is 1. The zero-order valence-electron chi connectivity index (χ0n) is 7.50. The van der Waals surface area contributed by atoms with E-state index in [1.165, 1.54) is 0 Å². The first-order valence-corrected chi connectivity index (χ1v) is 5.29. The molecule has 1 aromatic heterocycles. The second-order valence-electron chi connectivity index (χ2n) is 3.25. The van der Waals surface area contributed by atoms with Crippen molar-refractivity contribution < 1.29 is 4.79 Å². The van der Waals surface area contributed by atoms with Gasteiger partial charge in [0.25, 0.3) is 0 Å². The summed E-state index contributed by atoms with van der Waals surface area (Å²) in [6, 6.07) is 0. The van der Waals surface area contributed by atoms with Gasteiger partial charge in [-0.3, -0.25) is 9.59 Å². The summed E-state index contributed by atoms with van der Waals surface area (Å²) in [4.78, 5) is 24.7. The molecule has 0 spiro atoms. The highest BCUT2D eigenvalue weighted by Crippen LogP contribution is 2.03. The van der Waals surface area contributed by atoms with Gasteiger partial charge in [0.1, 0.15) is 0 Å². The molecule has 1 aromatic rings. The molecule has 1 saturated heterocycles. The molecule has 0 aliphatic carbocycles. The number of carbonyl (C=O) groups is 1. The molecule has 2 rings (SSSR count). The topological polar surface area (TPSA) is 74.0 Å². The summed E-state index contributed by atoms with van der Waals surface area (Å²) in [6.45, 7) is 1.92. The van der Waals surface area contributed by atoms with E-state index in [1.54, 1.807) is 5.38 Å². The van der Waals surface area contributed by atoms with Crippen molar-refractivity contribution in [2.45, 2.75) is 6.54 Å².